The number of fused-ring (bicyclic) bond motifs is 3. The van der Waals surface area contributed by atoms with Crippen molar-refractivity contribution in [2.45, 2.75) is 19.8 Å². The Bertz CT molecular complexity index is 660. The number of carbonyl (C=O) groups is 1. The van der Waals surface area contributed by atoms with Gasteiger partial charge in [0.05, 0.1) is 24.9 Å². The van der Waals surface area contributed by atoms with E-state index in [0.29, 0.717) is 19.1 Å². The first-order valence-corrected chi connectivity index (χ1v) is 6.75. The maximum atomic E-state index is 11.8. The van der Waals surface area contributed by atoms with Crippen molar-refractivity contribution in [3.05, 3.63) is 23.9 Å². The van der Waals surface area contributed by atoms with Gasteiger partial charge in [-0.15, -0.1) is 0 Å². The highest BCUT2D eigenvalue weighted by Crippen LogP contribution is 2.40. The zero-order valence-corrected chi connectivity index (χ0v) is 11.9. The number of ether oxygens (including phenoxy) is 2. The molecule has 2 aromatic rings. The van der Waals surface area contributed by atoms with Crippen molar-refractivity contribution in [2.75, 3.05) is 25.2 Å². The molecule has 0 atom stereocenters. The summed E-state index contributed by atoms with van der Waals surface area (Å²) < 4.78 is 10.6. The number of carbonyl (C=O) groups excluding carboxylic acids is 1. The number of aromatic amines is 1. The van der Waals surface area contributed by atoms with Gasteiger partial charge in [0.2, 0.25) is 0 Å². The summed E-state index contributed by atoms with van der Waals surface area (Å²) in [4.78, 5) is 16.7. The molecule has 0 saturated heterocycles. The monoisotopic (exact) mass is 274 g/mol. The molecular formula is C15H18N2O3. The van der Waals surface area contributed by atoms with Crippen LogP contribution in [0.4, 0.5) is 10.5 Å². The van der Waals surface area contributed by atoms with Crippen molar-refractivity contribution in [1.82, 2.24) is 4.98 Å². The summed E-state index contributed by atoms with van der Waals surface area (Å²) in [6.07, 6.45) is 1.65. The van der Waals surface area contributed by atoms with Crippen LogP contribution in [0.3, 0.4) is 0 Å². The minimum atomic E-state index is -0.357. The standard InChI is InChI=1S/C15H18N2O3/c1-9(2)11-8-16-13-10(11)4-5-12-14(13)20-7-6-17(12)15(18)19-3/h4-5,8-9,16H,6-7H2,1-3H3. The van der Waals surface area contributed by atoms with Crippen LogP contribution < -0.4 is 9.64 Å². The van der Waals surface area contributed by atoms with E-state index in [2.05, 4.69) is 18.8 Å². The molecule has 1 aromatic heterocycles. The van der Waals surface area contributed by atoms with E-state index in [1.54, 1.807) is 4.90 Å². The number of benzene rings is 1. The summed E-state index contributed by atoms with van der Waals surface area (Å²) in [7, 11) is 1.39. The molecule has 1 N–H and O–H groups in total. The number of nitrogens with one attached hydrogen (secondary N) is 1. The lowest BCUT2D eigenvalue weighted by Gasteiger charge is -2.28. The Morgan fingerprint density at radius 3 is 2.95 bits per heavy atom. The Hall–Kier alpha value is -2.17. The molecule has 0 radical (unpaired) electrons. The van der Waals surface area contributed by atoms with Crippen molar-refractivity contribution in [2.24, 2.45) is 0 Å². The number of methoxy groups -OCH3 is 1. The van der Waals surface area contributed by atoms with Gasteiger partial charge < -0.3 is 14.5 Å². The van der Waals surface area contributed by atoms with E-state index < -0.39 is 0 Å². The van der Waals surface area contributed by atoms with Crippen LogP contribution in [0.2, 0.25) is 0 Å². The molecule has 2 heterocycles. The number of amides is 1. The van der Waals surface area contributed by atoms with E-state index in [1.165, 1.54) is 12.7 Å². The highest BCUT2D eigenvalue weighted by Gasteiger charge is 2.27. The summed E-state index contributed by atoms with van der Waals surface area (Å²) in [5, 5.41) is 1.14. The van der Waals surface area contributed by atoms with Crippen LogP contribution in [0, 0.1) is 0 Å². The fraction of sp³-hybridized carbons (Fsp3) is 0.400. The average Bonchev–Trinajstić information content (AvgIpc) is 2.90. The van der Waals surface area contributed by atoms with E-state index in [-0.39, 0.29) is 6.09 Å². The molecule has 5 heteroatoms. The maximum absolute atomic E-state index is 11.8. The van der Waals surface area contributed by atoms with Crippen LogP contribution in [-0.2, 0) is 4.74 Å². The Morgan fingerprint density at radius 1 is 1.45 bits per heavy atom. The highest BCUT2D eigenvalue weighted by molar-refractivity contribution is 5.99. The third-order valence-corrected chi connectivity index (χ3v) is 3.69. The molecule has 1 aromatic carbocycles. The molecule has 20 heavy (non-hydrogen) atoms. The fourth-order valence-corrected chi connectivity index (χ4v) is 2.68. The molecule has 1 amide bonds. The van der Waals surface area contributed by atoms with Gasteiger partial charge in [-0.1, -0.05) is 19.9 Å². The van der Waals surface area contributed by atoms with Crippen molar-refractivity contribution in [3.8, 4) is 5.75 Å². The third kappa shape index (κ3) is 1.81. The molecule has 1 aliphatic rings. The first-order valence-electron chi connectivity index (χ1n) is 6.75. The summed E-state index contributed by atoms with van der Waals surface area (Å²) in [5.74, 6) is 1.16. The molecule has 106 valence electrons. The normalized spacial score (nSPS) is 14.3. The number of hydrogen-bond donors (Lipinski definition) is 1. The first kappa shape index (κ1) is 12.8. The van der Waals surface area contributed by atoms with E-state index in [9.17, 15) is 4.79 Å². The summed E-state index contributed by atoms with van der Waals surface area (Å²) >= 11 is 0. The quantitative estimate of drug-likeness (QED) is 0.868. The van der Waals surface area contributed by atoms with Gasteiger partial charge in [-0.3, -0.25) is 4.90 Å². The van der Waals surface area contributed by atoms with Crippen LogP contribution in [0.5, 0.6) is 5.75 Å². The van der Waals surface area contributed by atoms with E-state index in [0.717, 1.165) is 22.3 Å². The predicted octanol–water partition coefficient (Wildman–Crippen LogP) is 3.26. The molecule has 0 unspecified atom stereocenters. The Morgan fingerprint density at radius 2 is 2.25 bits per heavy atom. The van der Waals surface area contributed by atoms with Crippen molar-refractivity contribution in [3.63, 3.8) is 0 Å². The molecular weight excluding hydrogens is 256 g/mol. The van der Waals surface area contributed by atoms with Gasteiger partial charge in [0.1, 0.15) is 6.61 Å². The predicted molar refractivity (Wildman–Crippen MR) is 77.6 cm³/mol. The zero-order chi connectivity index (χ0) is 14.3. The summed E-state index contributed by atoms with van der Waals surface area (Å²) in [5.41, 5.74) is 2.95. The van der Waals surface area contributed by atoms with E-state index in [4.69, 9.17) is 9.47 Å². The summed E-state index contributed by atoms with van der Waals surface area (Å²) in [6.45, 7) is 5.29. The molecule has 5 nitrogen and oxygen atoms in total. The lowest BCUT2D eigenvalue weighted by atomic mass is 10.0. The van der Waals surface area contributed by atoms with Crippen LogP contribution >= 0.6 is 0 Å². The minimum Gasteiger partial charge on any atom is -0.487 e. The lowest BCUT2D eigenvalue weighted by molar-refractivity contribution is 0.174. The van der Waals surface area contributed by atoms with Gasteiger partial charge in [0, 0.05) is 11.6 Å². The molecule has 0 aliphatic carbocycles. The highest BCUT2D eigenvalue weighted by atomic mass is 16.5. The van der Waals surface area contributed by atoms with Crippen LogP contribution in [-0.4, -0.2) is 31.3 Å². The Kier molecular flexibility index (Phi) is 3.04. The van der Waals surface area contributed by atoms with Crippen LogP contribution in [0.15, 0.2) is 18.3 Å². The smallest absolute Gasteiger partial charge is 0.414 e. The van der Waals surface area contributed by atoms with Gasteiger partial charge >= 0.3 is 6.09 Å². The van der Waals surface area contributed by atoms with Crippen LogP contribution in [0.25, 0.3) is 10.9 Å². The second-order valence-corrected chi connectivity index (χ2v) is 5.21. The van der Waals surface area contributed by atoms with Crippen molar-refractivity contribution in [1.29, 1.82) is 0 Å². The molecule has 0 saturated carbocycles. The Labute approximate surface area is 117 Å². The topological polar surface area (TPSA) is 54.6 Å². The maximum Gasteiger partial charge on any atom is 0.414 e. The lowest BCUT2D eigenvalue weighted by Crippen LogP contribution is -2.37. The summed E-state index contributed by atoms with van der Waals surface area (Å²) in [6, 6.07) is 3.96. The number of rotatable bonds is 1. The fourth-order valence-electron chi connectivity index (χ4n) is 2.68. The molecule has 0 bridgehead atoms. The Balaban J connectivity index is 2.16. The number of aromatic nitrogens is 1. The third-order valence-electron chi connectivity index (χ3n) is 3.69. The van der Waals surface area contributed by atoms with Crippen molar-refractivity contribution < 1.29 is 14.3 Å². The number of nitrogens with zero attached hydrogens (tertiary/aromatic N) is 1. The van der Waals surface area contributed by atoms with Crippen LogP contribution in [0.1, 0.15) is 25.3 Å². The van der Waals surface area contributed by atoms with Gasteiger partial charge in [0.15, 0.2) is 5.75 Å². The number of anilines is 1. The van der Waals surface area contributed by atoms with Gasteiger partial charge in [0.25, 0.3) is 0 Å². The minimum absolute atomic E-state index is 0.357. The van der Waals surface area contributed by atoms with Gasteiger partial charge in [-0.25, -0.2) is 4.79 Å². The van der Waals surface area contributed by atoms with Gasteiger partial charge in [-0.2, -0.15) is 0 Å². The second kappa shape index (κ2) is 4.74. The van der Waals surface area contributed by atoms with Crippen molar-refractivity contribution >= 4 is 22.7 Å². The molecule has 0 spiro atoms. The SMILES string of the molecule is COC(=O)N1CCOc2c1ccc1c(C(C)C)c[nH]c21. The van der Waals surface area contributed by atoms with Gasteiger partial charge in [-0.05, 0) is 17.5 Å². The zero-order valence-electron chi connectivity index (χ0n) is 11.9. The second-order valence-electron chi connectivity index (χ2n) is 5.21. The first-order chi connectivity index (χ1) is 9.63. The molecule has 3 rings (SSSR count). The van der Waals surface area contributed by atoms with E-state index in [1.807, 2.05) is 18.3 Å². The number of H-pyrrole nitrogens is 1. The largest absolute Gasteiger partial charge is 0.487 e. The van der Waals surface area contributed by atoms with E-state index >= 15 is 0 Å². The number of hydrogen-bond acceptors (Lipinski definition) is 3. The average molecular weight is 274 g/mol. The molecule has 0 fully saturated rings. The molecule has 1 aliphatic heterocycles.